The van der Waals surface area contributed by atoms with Crippen LogP contribution in [0.25, 0.3) is 0 Å². The molecule has 1 aromatic carbocycles. The molecular formula is C19H21NO4S2. The first kappa shape index (κ1) is 18.9. The molecule has 26 heavy (non-hydrogen) atoms. The van der Waals surface area contributed by atoms with Crippen molar-refractivity contribution in [2.24, 2.45) is 4.99 Å². The van der Waals surface area contributed by atoms with E-state index in [4.69, 9.17) is 4.74 Å². The highest BCUT2D eigenvalue weighted by atomic mass is 32.2. The summed E-state index contributed by atoms with van der Waals surface area (Å²) >= 11 is 0.962. The highest BCUT2D eigenvalue weighted by molar-refractivity contribution is 7.93. The Morgan fingerprint density at radius 3 is 2.92 bits per heavy atom. The van der Waals surface area contributed by atoms with Crippen molar-refractivity contribution in [3.05, 3.63) is 51.9 Å². The summed E-state index contributed by atoms with van der Waals surface area (Å²) in [5.74, 6) is -0.359. The van der Waals surface area contributed by atoms with Gasteiger partial charge in [-0.15, -0.1) is 11.3 Å². The number of amides is 1. The van der Waals surface area contributed by atoms with Crippen LogP contribution in [-0.4, -0.2) is 40.0 Å². The summed E-state index contributed by atoms with van der Waals surface area (Å²) in [6, 6.07) is 9.34. The third-order valence-corrected chi connectivity index (χ3v) is 7.78. The number of aliphatic imine (C=N–C) groups is 1. The Bertz CT molecular complexity index is 944. The van der Waals surface area contributed by atoms with Crippen molar-refractivity contribution < 1.29 is 17.9 Å². The van der Waals surface area contributed by atoms with Crippen molar-refractivity contribution in [1.29, 1.82) is 0 Å². The Hall–Kier alpha value is -1.83. The maximum Gasteiger partial charge on any atom is 0.286 e. The number of thiophene rings is 1. The number of aryl methyl sites for hydroxylation is 2. The van der Waals surface area contributed by atoms with Crippen LogP contribution in [0.5, 0.6) is 0 Å². The molecule has 0 aliphatic heterocycles. The van der Waals surface area contributed by atoms with Gasteiger partial charge >= 0.3 is 0 Å². The number of benzene rings is 1. The maximum atomic E-state index is 12.3. The van der Waals surface area contributed by atoms with Crippen LogP contribution in [-0.2, 0) is 21.0 Å². The molecule has 5 nitrogen and oxygen atoms in total. The number of fused-ring (bicyclic) bond motifs is 1. The normalized spacial score (nSPS) is 16.9. The quantitative estimate of drug-likeness (QED) is 0.707. The molecule has 0 fully saturated rings. The number of carbonyl (C=O) groups excluding carboxylic acids is 1. The monoisotopic (exact) mass is 391 g/mol. The smallest absolute Gasteiger partial charge is 0.286 e. The lowest BCUT2D eigenvalue weighted by atomic mass is 10.0. The molecule has 138 valence electrons. The number of ether oxygens (including phenoxy) is 1. The Morgan fingerprint density at radius 1 is 1.35 bits per heavy atom. The second kappa shape index (κ2) is 7.82. The van der Waals surface area contributed by atoms with Gasteiger partial charge in [0.05, 0.1) is 17.2 Å². The summed E-state index contributed by atoms with van der Waals surface area (Å²) < 4.78 is 29.3. The van der Waals surface area contributed by atoms with Crippen LogP contribution in [0.2, 0.25) is 0 Å². The summed E-state index contributed by atoms with van der Waals surface area (Å²) in [7, 11) is -1.97. The SMILES string of the molecule is COCCS(=O)(=O)c1ccc(C(=O)N=CC2CCc3cc(C)ccc32)s1. The number of methoxy groups -OCH3 is 1. The summed E-state index contributed by atoms with van der Waals surface area (Å²) in [5.41, 5.74) is 3.77. The van der Waals surface area contributed by atoms with Gasteiger partial charge in [-0.25, -0.2) is 13.4 Å². The van der Waals surface area contributed by atoms with Crippen molar-refractivity contribution in [3.8, 4) is 0 Å². The molecular weight excluding hydrogens is 370 g/mol. The zero-order valence-corrected chi connectivity index (χ0v) is 16.4. The van der Waals surface area contributed by atoms with E-state index in [-0.39, 0.29) is 22.5 Å². The Morgan fingerprint density at radius 2 is 2.15 bits per heavy atom. The lowest BCUT2D eigenvalue weighted by Crippen LogP contribution is -2.09. The third-order valence-electron chi connectivity index (χ3n) is 4.45. The molecule has 1 aliphatic carbocycles. The van der Waals surface area contributed by atoms with Crippen LogP contribution in [0.3, 0.4) is 0 Å². The van der Waals surface area contributed by atoms with E-state index >= 15 is 0 Å². The second-order valence-corrected chi connectivity index (χ2v) is 9.78. The minimum absolute atomic E-state index is 0.0980. The molecule has 1 unspecified atom stereocenters. The van der Waals surface area contributed by atoms with E-state index in [0.29, 0.717) is 4.88 Å². The minimum Gasteiger partial charge on any atom is -0.384 e. The van der Waals surface area contributed by atoms with Crippen molar-refractivity contribution in [2.75, 3.05) is 19.5 Å². The van der Waals surface area contributed by atoms with Gasteiger partial charge in [0, 0.05) is 19.2 Å². The van der Waals surface area contributed by atoms with Gasteiger partial charge in [-0.1, -0.05) is 23.8 Å². The van der Waals surface area contributed by atoms with Gasteiger partial charge in [0.1, 0.15) is 4.21 Å². The van der Waals surface area contributed by atoms with Crippen molar-refractivity contribution in [3.63, 3.8) is 0 Å². The minimum atomic E-state index is -3.42. The zero-order valence-electron chi connectivity index (χ0n) is 14.8. The molecule has 0 saturated carbocycles. The first-order chi connectivity index (χ1) is 12.4. The number of hydrogen-bond donors (Lipinski definition) is 0. The summed E-state index contributed by atoms with van der Waals surface area (Å²) in [6.45, 7) is 2.20. The molecule has 1 atom stereocenters. The number of sulfone groups is 1. The van der Waals surface area contributed by atoms with E-state index in [0.717, 1.165) is 24.2 Å². The number of carbonyl (C=O) groups is 1. The lowest BCUT2D eigenvalue weighted by Gasteiger charge is -2.05. The molecule has 0 bridgehead atoms. The molecule has 3 rings (SSSR count). The van der Waals surface area contributed by atoms with Crippen LogP contribution in [0.15, 0.2) is 39.5 Å². The van der Waals surface area contributed by atoms with Crippen LogP contribution in [0.4, 0.5) is 0 Å². The van der Waals surface area contributed by atoms with Gasteiger partial charge in [-0.3, -0.25) is 4.79 Å². The van der Waals surface area contributed by atoms with E-state index in [1.165, 1.54) is 35.9 Å². The van der Waals surface area contributed by atoms with Gasteiger partial charge in [0.15, 0.2) is 9.84 Å². The largest absolute Gasteiger partial charge is 0.384 e. The van der Waals surface area contributed by atoms with Crippen LogP contribution in [0, 0.1) is 6.92 Å². The molecule has 1 amide bonds. The number of nitrogens with zero attached hydrogens (tertiary/aromatic N) is 1. The van der Waals surface area contributed by atoms with Crippen molar-refractivity contribution in [2.45, 2.75) is 29.9 Å². The fourth-order valence-electron chi connectivity index (χ4n) is 3.05. The van der Waals surface area contributed by atoms with Gasteiger partial charge < -0.3 is 4.74 Å². The number of rotatable bonds is 6. The predicted octanol–water partition coefficient (Wildman–Crippen LogP) is 3.42. The summed E-state index contributed by atoms with van der Waals surface area (Å²) in [6.07, 6.45) is 3.63. The molecule has 1 aliphatic rings. The maximum absolute atomic E-state index is 12.3. The molecule has 1 aromatic heterocycles. The number of hydrogen-bond acceptors (Lipinski definition) is 5. The van der Waals surface area contributed by atoms with Crippen molar-refractivity contribution in [1.82, 2.24) is 0 Å². The topological polar surface area (TPSA) is 72.8 Å². The third kappa shape index (κ3) is 4.11. The fraction of sp³-hybridized carbons (Fsp3) is 0.368. The average Bonchev–Trinajstić information content (AvgIpc) is 3.25. The zero-order chi connectivity index (χ0) is 18.7. The molecule has 1 heterocycles. The van der Waals surface area contributed by atoms with Crippen LogP contribution >= 0.6 is 11.3 Å². The van der Waals surface area contributed by atoms with Crippen LogP contribution in [0.1, 0.15) is 38.7 Å². The molecule has 7 heteroatoms. The summed E-state index contributed by atoms with van der Waals surface area (Å²) in [5, 5.41) is 0. The Labute approximate surface area is 157 Å². The van der Waals surface area contributed by atoms with E-state index in [2.05, 4.69) is 30.1 Å². The van der Waals surface area contributed by atoms with E-state index in [1.54, 1.807) is 6.21 Å². The standard InChI is InChI=1S/C19H21NO4S2/c1-13-3-6-16-14(11-13)4-5-15(16)12-20-19(21)17-7-8-18(25-17)26(22,23)10-9-24-2/h3,6-8,11-12,15H,4-5,9-10H2,1-2H3. The van der Waals surface area contributed by atoms with Crippen LogP contribution < -0.4 is 0 Å². The van der Waals surface area contributed by atoms with Gasteiger partial charge in [0.25, 0.3) is 5.91 Å². The summed E-state index contributed by atoms with van der Waals surface area (Å²) in [4.78, 5) is 16.7. The molecule has 0 saturated heterocycles. The lowest BCUT2D eigenvalue weighted by molar-refractivity contribution is 0.101. The van der Waals surface area contributed by atoms with E-state index in [9.17, 15) is 13.2 Å². The Balaban J connectivity index is 1.71. The van der Waals surface area contributed by atoms with Gasteiger partial charge in [-0.05, 0) is 43.0 Å². The Kier molecular flexibility index (Phi) is 5.70. The molecule has 0 spiro atoms. The molecule has 0 radical (unpaired) electrons. The van der Waals surface area contributed by atoms with Gasteiger partial charge in [0.2, 0.25) is 0 Å². The highest BCUT2D eigenvalue weighted by Gasteiger charge is 2.22. The fourth-order valence-corrected chi connectivity index (χ4v) is 5.57. The van der Waals surface area contributed by atoms with E-state index < -0.39 is 15.7 Å². The molecule has 2 aromatic rings. The van der Waals surface area contributed by atoms with Gasteiger partial charge in [-0.2, -0.15) is 0 Å². The second-order valence-electron chi connectivity index (χ2n) is 6.36. The van der Waals surface area contributed by atoms with Crippen molar-refractivity contribution >= 4 is 33.3 Å². The highest BCUT2D eigenvalue weighted by Crippen LogP contribution is 2.32. The molecule has 0 N–H and O–H groups in total. The first-order valence-electron chi connectivity index (χ1n) is 8.40. The first-order valence-corrected chi connectivity index (χ1v) is 10.9. The predicted molar refractivity (Wildman–Crippen MR) is 103 cm³/mol. The average molecular weight is 392 g/mol. The van der Waals surface area contributed by atoms with E-state index in [1.807, 2.05) is 0 Å².